The van der Waals surface area contributed by atoms with Crippen molar-refractivity contribution in [1.29, 1.82) is 0 Å². The van der Waals surface area contributed by atoms with Crippen LogP contribution >= 0.6 is 0 Å². The number of ether oxygens (including phenoxy) is 1. The van der Waals surface area contributed by atoms with Crippen molar-refractivity contribution in [2.45, 2.75) is 6.92 Å². The van der Waals surface area contributed by atoms with Crippen molar-refractivity contribution in [2.24, 2.45) is 0 Å². The van der Waals surface area contributed by atoms with Gasteiger partial charge >= 0.3 is 0 Å². The van der Waals surface area contributed by atoms with E-state index in [0.29, 0.717) is 12.3 Å². The summed E-state index contributed by atoms with van der Waals surface area (Å²) in [4.78, 5) is 2.12. The average molecular weight is 272 g/mol. The molecular weight excluding hydrogens is 252 g/mol. The Morgan fingerprint density at radius 2 is 2.11 bits per heavy atom. The second-order valence-electron chi connectivity index (χ2n) is 4.00. The molecule has 1 N–H and O–H groups in total. The zero-order valence-corrected chi connectivity index (χ0v) is 11.8. The van der Waals surface area contributed by atoms with Crippen LogP contribution in [0.2, 0.25) is 0 Å². The van der Waals surface area contributed by atoms with E-state index in [1.165, 1.54) is 0 Å². The molecule has 0 radical (unpaired) electrons. The third-order valence-electron chi connectivity index (χ3n) is 2.46. The number of methoxy groups -OCH3 is 1. The minimum absolute atomic E-state index is 0.575. The first kappa shape index (κ1) is 14.8. The van der Waals surface area contributed by atoms with Crippen molar-refractivity contribution in [3.05, 3.63) is 24.3 Å². The minimum atomic E-state index is -3.24. The summed E-state index contributed by atoms with van der Waals surface area (Å²) >= 11 is 0. The maximum absolute atomic E-state index is 11.2. The van der Waals surface area contributed by atoms with Crippen molar-refractivity contribution >= 4 is 21.4 Å². The molecule has 6 heteroatoms. The van der Waals surface area contributed by atoms with E-state index < -0.39 is 10.0 Å². The smallest absolute Gasteiger partial charge is 0.229 e. The highest BCUT2D eigenvalue weighted by atomic mass is 32.2. The molecule has 0 aliphatic heterocycles. The Bertz CT molecular complexity index is 474. The number of benzene rings is 1. The number of sulfonamides is 1. The zero-order valence-electron chi connectivity index (χ0n) is 11.0. The highest BCUT2D eigenvalue weighted by Crippen LogP contribution is 2.19. The Kier molecular flexibility index (Phi) is 5.43. The second kappa shape index (κ2) is 6.61. The maximum Gasteiger partial charge on any atom is 0.229 e. The lowest BCUT2D eigenvalue weighted by atomic mass is 10.2. The van der Waals surface area contributed by atoms with Crippen LogP contribution in [0.5, 0.6) is 0 Å². The van der Waals surface area contributed by atoms with Gasteiger partial charge in [-0.2, -0.15) is 0 Å². The summed E-state index contributed by atoms with van der Waals surface area (Å²) in [6, 6.07) is 7.33. The molecule has 0 aromatic heterocycles. The molecule has 0 heterocycles. The lowest BCUT2D eigenvalue weighted by molar-refractivity contribution is 0.205. The van der Waals surface area contributed by atoms with Gasteiger partial charge in [0, 0.05) is 25.9 Å². The van der Waals surface area contributed by atoms with E-state index in [9.17, 15) is 8.42 Å². The molecule has 0 fully saturated rings. The van der Waals surface area contributed by atoms with Crippen LogP contribution in [0, 0.1) is 0 Å². The van der Waals surface area contributed by atoms with Gasteiger partial charge in [0.25, 0.3) is 0 Å². The van der Waals surface area contributed by atoms with E-state index in [1.54, 1.807) is 13.2 Å². The second-order valence-corrected chi connectivity index (χ2v) is 5.75. The summed E-state index contributed by atoms with van der Waals surface area (Å²) in [5, 5.41) is 0. The molecule has 102 valence electrons. The molecule has 0 unspecified atom stereocenters. The van der Waals surface area contributed by atoms with Crippen molar-refractivity contribution < 1.29 is 13.2 Å². The quantitative estimate of drug-likeness (QED) is 0.818. The Hall–Kier alpha value is -1.27. The average Bonchev–Trinajstić information content (AvgIpc) is 2.28. The van der Waals surface area contributed by atoms with Gasteiger partial charge in [0.15, 0.2) is 0 Å². The van der Waals surface area contributed by atoms with Crippen LogP contribution in [-0.4, -0.2) is 41.5 Å². The third-order valence-corrected chi connectivity index (χ3v) is 3.07. The van der Waals surface area contributed by atoms with Gasteiger partial charge < -0.3 is 9.64 Å². The molecule has 5 nitrogen and oxygen atoms in total. The van der Waals surface area contributed by atoms with Crippen LogP contribution in [0.3, 0.4) is 0 Å². The molecule has 0 atom stereocenters. The van der Waals surface area contributed by atoms with Gasteiger partial charge in [-0.1, -0.05) is 6.07 Å². The number of nitrogens with one attached hydrogen (secondary N) is 1. The predicted molar refractivity (Wildman–Crippen MR) is 74.7 cm³/mol. The van der Waals surface area contributed by atoms with Gasteiger partial charge in [0.05, 0.1) is 18.6 Å². The lowest BCUT2D eigenvalue weighted by Gasteiger charge is -2.23. The number of likely N-dealkylation sites (N-methyl/N-ethyl adjacent to an activating group) is 1. The number of nitrogens with zero attached hydrogens (tertiary/aromatic N) is 1. The van der Waals surface area contributed by atoms with E-state index in [0.717, 1.165) is 25.0 Å². The van der Waals surface area contributed by atoms with Gasteiger partial charge in [0.2, 0.25) is 10.0 Å². The van der Waals surface area contributed by atoms with Gasteiger partial charge in [-0.15, -0.1) is 0 Å². The van der Waals surface area contributed by atoms with Crippen LogP contribution in [0.4, 0.5) is 11.4 Å². The minimum Gasteiger partial charge on any atom is -0.383 e. The van der Waals surface area contributed by atoms with Crippen LogP contribution < -0.4 is 9.62 Å². The molecule has 0 aliphatic rings. The topological polar surface area (TPSA) is 58.6 Å². The summed E-state index contributed by atoms with van der Waals surface area (Å²) in [6.07, 6.45) is 1.14. The normalized spacial score (nSPS) is 11.3. The fourth-order valence-corrected chi connectivity index (χ4v) is 2.21. The zero-order chi connectivity index (χ0) is 13.6. The van der Waals surface area contributed by atoms with E-state index >= 15 is 0 Å². The summed E-state index contributed by atoms with van der Waals surface area (Å²) in [6.45, 7) is 4.30. The fraction of sp³-hybridized carbons (Fsp3) is 0.500. The third kappa shape index (κ3) is 4.93. The van der Waals surface area contributed by atoms with Crippen molar-refractivity contribution in [1.82, 2.24) is 0 Å². The SMILES string of the molecule is CCN(CCOC)c1cccc(NS(C)(=O)=O)c1. The maximum atomic E-state index is 11.2. The first-order valence-electron chi connectivity index (χ1n) is 5.78. The van der Waals surface area contributed by atoms with E-state index in [2.05, 4.69) is 9.62 Å². The molecule has 0 saturated carbocycles. The monoisotopic (exact) mass is 272 g/mol. The number of anilines is 2. The summed E-state index contributed by atoms with van der Waals surface area (Å²) in [7, 11) is -1.57. The number of hydrogen-bond acceptors (Lipinski definition) is 4. The standard InChI is InChI=1S/C12H20N2O3S/c1-4-14(8-9-17-2)12-7-5-6-11(10-12)13-18(3,15)16/h5-7,10,13H,4,8-9H2,1-3H3. The van der Waals surface area contributed by atoms with Crippen molar-refractivity contribution in [2.75, 3.05) is 42.7 Å². The van der Waals surface area contributed by atoms with Crippen LogP contribution in [-0.2, 0) is 14.8 Å². The molecule has 0 saturated heterocycles. The molecule has 0 amide bonds. The Morgan fingerprint density at radius 3 is 2.67 bits per heavy atom. The molecule has 18 heavy (non-hydrogen) atoms. The highest BCUT2D eigenvalue weighted by Gasteiger charge is 2.06. The highest BCUT2D eigenvalue weighted by molar-refractivity contribution is 7.92. The van der Waals surface area contributed by atoms with Crippen LogP contribution in [0.15, 0.2) is 24.3 Å². The van der Waals surface area contributed by atoms with Gasteiger partial charge in [-0.3, -0.25) is 4.72 Å². The van der Waals surface area contributed by atoms with E-state index in [-0.39, 0.29) is 0 Å². The molecule has 0 bridgehead atoms. The van der Waals surface area contributed by atoms with Crippen molar-refractivity contribution in [3.63, 3.8) is 0 Å². The van der Waals surface area contributed by atoms with Crippen LogP contribution in [0.25, 0.3) is 0 Å². The first-order chi connectivity index (χ1) is 8.46. The van der Waals surface area contributed by atoms with Gasteiger partial charge in [0.1, 0.15) is 0 Å². The summed E-state index contributed by atoms with van der Waals surface area (Å²) in [5.74, 6) is 0. The largest absolute Gasteiger partial charge is 0.383 e. The lowest BCUT2D eigenvalue weighted by Crippen LogP contribution is -2.26. The summed E-state index contributed by atoms with van der Waals surface area (Å²) < 4.78 is 29.9. The first-order valence-corrected chi connectivity index (χ1v) is 7.67. The Morgan fingerprint density at radius 1 is 1.39 bits per heavy atom. The molecule has 0 aliphatic carbocycles. The fourth-order valence-electron chi connectivity index (χ4n) is 1.65. The Labute approximate surface area is 109 Å². The molecule has 1 aromatic carbocycles. The predicted octanol–water partition coefficient (Wildman–Crippen LogP) is 1.53. The molecule has 1 aromatic rings. The van der Waals surface area contributed by atoms with Crippen molar-refractivity contribution in [3.8, 4) is 0 Å². The molecule has 1 rings (SSSR count). The van der Waals surface area contributed by atoms with Crippen LogP contribution in [0.1, 0.15) is 6.92 Å². The number of hydrogen-bond donors (Lipinski definition) is 1. The van der Waals surface area contributed by atoms with E-state index in [4.69, 9.17) is 4.74 Å². The Balaban J connectivity index is 2.85. The summed E-state index contributed by atoms with van der Waals surface area (Å²) in [5.41, 5.74) is 1.55. The number of rotatable bonds is 7. The van der Waals surface area contributed by atoms with Gasteiger partial charge in [-0.05, 0) is 25.1 Å². The molecular formula is C12H20N2O3S. The molecule has 0 spiro atoms. The van der Waals surface area contributed by atoms with Gasteiger partial charge in [-0.25, -0.2) is 8.42 Å². The van der Waals surface area contributed by atoms with E-state index in [1.807, 2.05) is 25.1 Å².